The van der Waals surface area contributed by atoms with Crippen LogP contribution in [0.2, 0.25) is 0 Å². The van der Waals surface area contributed by atoms with E-state index in [0.29, 0.717) is 43.4 Å². The van der Waals surface area contributed by atoms with Crippen molar-refractivity contribution in [3.63, 3.8) is 0 Å². The number of aldehydes is 1. The molecule has 0 aliphatic rings. The Morgan fingerprint density at radius 1 is 1.14 bits per heavy atom. The third-order valence-electron chi connectivity index (χ3n) is 5.13. The highest BCUT2D eigenvalue weighted by Gasteiger charge is 2.19. The molecule has 2 aromatic rings. The standard InChI is InChI=1S/C24H34N6O5S/c1-17(2)13-20-10-11-21(29-36(34,35)16-18-7-4-3-5-8-18)23(33)30(20)14-22(32)28-19(15-31)9-6-12-27-24(25)26/h3-5,7-8,10-11,15,17,19,29H,6,9,12-14,16H2,1-2H3,(H,28,32)(H4,25,26,27)/t19-/m0/s1. The first-order chi connectivity index (χ1) is 17.0. The molecule has 0 saturated carbocycles. The highest BCUT2D eigenvalue weighted by molar-refractivity contribution is 7.91. The molecule has 6 N–H and O–H groups in total. The minimum absolute atomic E-state index is 0.0574. The molecule has 0 fully saturated rings. The fourth-order valence-electron chi connectivity index (χ4n) is 3.55. The summed E-state index contributed by atoms with van der Waals surface area (Å²) in [6, 6.07) is 10.8. The lowest BCUT2D eigenvalue weighted by Crippen LogP contribution is -2.41. The second-order valence-corrected chi connectivity index (χ2v) is 10.6. The predicted octanol–water partition coefficient (Wildman–Crippen LogP) is 0.726. The number of nitrogens with zero attached hydrogens (tertiary/aromatic N) is 2. The topological polar surface area (TPSA) is 179 Å². The van der Waals surface area contributed by atoms with Crippen LogP contribution in [-0.4, -0.2) is 43.7 Å². The van der Waals surface area contributed by atoms with Gasteiger partial charge in [-0.05, 0) is 42.9 Å². The van der Waals surface area contributed by atoms with Crippen molar-refractivity contribution in [3.05, 3.63) is 64.1 Å². The molecule has 196 valence electrons. The number of sulfonamides is 1. The van der Waals surface area contributed by atoms with Crippen molar-refractivity contribution in [1.82, 2.24) is 9.88 Å². The molecule has 12 heteroatoms. The molecule has 1 amide bonds. The van der Waals surface area contributed by atoms with Crippen LogP contribution < -0.4 is 27.1 Å². The van der Waals surface area contributed by atoms with E-state index in [9.17, 15) is 22.8 Å². The number of rotatable bonds is 14. The summed E-state index contributed by atoms with van der Waals surface area (Å²) in [7, 11) is -3.87. The fourth-order valence-corrected chi connectivity index (χ4v) is 4.74. The Hall–Kier alpha value is -3.67. The number of anilines is 1. The van der Waals surface area contributed by atoms with Crippen LogP contribution in [0, 0.1) is 5.92 Å². The fraction of sp³-hybridized carbons (Fsp3) is 0.417. The van der Waals surface area contributed by atoms with Crippen molar-refractivity contribution in [1.29, 1.82) is 0 Å². The maximum Gasteiger partial charge on any atom is 0.275 e. The molecule has 1 heterocycles. The number of aliphatic imine (C=N–C) groups is 1. The van der Waals surface area contributed by atoms with E-state index < -0.39 is 27.5 Å². The second-order valence-electron chi connectivity index (χ2n) is 8.83. The van der Waals surface area contributed by atoms with Crippen LogP contribution in [0.5, 0.6) is 0 Å². The normalized spacial score (nSPS) is 12.1. The number of carbonyl (C=O) groups excluding carboxylic acids is 2. The van der Waals surface area contributed by atoms with Crippen LogP contribution in [0.1, 0.15) is 37.9 Å². The summed E-state index contributed by atoms with van der Waals surface area (Å²) in [5, 5.41) is 2.60. The Balaban J connectivity index is 2.21. The van der Waals surface area contributed by atoms with E-state index in [1.165, 1.54) is 10.6 Å². The van der Waals surface area contributed by atoms with Gasteiger partial charge in [0, 0.05) is 12.2 Å². The number of hydrogen-bond acceptors (Lipinski definition) is 6. The van der Waals surface area contributed by atoms with Gasteiger partial charge >= 0.3 is 0 Å². The van der Waals surface area contributed by atoms with Crippen LogP contribution in [0.4, 0.5) is 5.69 Å². The Morgan fingerprint density at radius 3 is 2.44 bits per heavy atom. The molecule has 0 bridgehead atoms. The number of amides is 1. The summed E-state index contributed by atoms with van der Waals surface area (Å²) in [6.07, 6.45) is 1.90. The number of aromatic nitrogens is 1. The molecule has 2 rings (SSSR count). The lowest BCUT2D eigenvalue weighted by molar-refractivity contribution is -0.124. The third-order valence-corrected chi connectivity index (χ3v) is 6.37. The maximum absolute atomic E-state index is 13.2. The molecule has 1 atom stereocenters. The quantitative estimate of drug-likeness (QED) is 0.123. The molecular weight excluding hydrogens is 484 g/mol. The molecule has 0 saturated heterocycles. The van der Waals surface area contributed by atoms with Crippen molar-refractivity contribution in [2.75, 3.05) is 11.3 Å². The Kier molecular flexibility index (Phi) is 10.7. The van der Waals surface area contributed by atoms with E-state index in [4.69, 9.17) is 11.5 Å². The summed E-state index contributed by atoms with van der Waals surface area (Å²) in [6.45, 7) is 3.87. The average Bonchev–Trinajstić information content (AvgIpc) is 2.80. The zero-order valence-corrected chi connectivity index (χ0v) is 21.3. The molecule has 1 aromatic carbocycles. The first-order valence-electron chi connectivity index (χ1n) is 11.6. The van der Waals surface area contributed by atoms with Crippen molar-refractivity contribution < 1.29 is 18.0 Å². The zero-order valence-electron chi connectivity index (χ0n) is 20.5. The molecule has 0 unspecified atom stereocenters. The predicted molar refractivity (Wildman–Crippen MR) is 140 cm³/mol. The van der Waals surface area contributed by atoms with Gasteiger partial charge in [-0.15, -0.1) is 0 Å². The van der Waals surface area contributed by atoms with Gasteiger partial charge in [0.1, 0.15) is 18.5 Å². The number of guanidine groups is 1. The van der Waals surface area contributed by atoms with E-state index in [2.05, 4.69) is 15.0 Å². The van der Waals surface area contributed by atoms with E-state index in [-0.39, 0.29) is 29.9 Å². The second kappa shape index (κ2) is 13.4. The zero-order chi connectivity index (χ0) is 26.7. The first kappa shape index (κ1) is 28.6. The number of nitrogens with two attached hydrogens (primary N) is 2. The van der Waals surface area contributed by atoms with Crippen LogP contribution in [0.3, 0.4) is 0 Å². The molecule has 11 nitrogen and oxygen atoms in total. The third kappa shape index (κ3) is 9.53. The van der Waals surface area contributed by atoms with Gasteiger partial charge in [-0.25, -0.2) is 8.42 Å². The Labute approximate surface area is 211 Å². The number of hydrogen-bond donors (Lipinski definition) is 4. The van der Waals surface area contributed by atoms with Gasteiger partial charge < -0.3 is 26.1 Å². The van der Waals surface area contributed by atoms with Gasteiger partial charge in [0.15, 0.2) is 5.96 Å². The van der Waals surface area contributed by atoms with E-state index in [1.54, 1.807) is 36.4 Å². The van der Waals surface area contributed by atoms with E-state index in [0.717, 1.165) is 0 Å². The Morgan fingerprint density at radius 2 is 1.83 bits per heavy atom. The molecule has 0 spiro atoms. The summed E-state index contributed by atoms with van der Waals surface area (Å²) in [5.41, 5.74) is 10.9. The summed E-state index contributed by atoms with van der Waals surface area (Å²) < 4.78 is 28.9. The largest absolute Gasteiger partial charge is 0.370 e. The monoisotopic (exact) mass is 518 g/mol. The van der Waals surface area contributed by atoms with Crippen molar-refractivity contribution in [2.45, 2.75) is 51.4 Å². The van der Waals surface area contributed by atoms with Crippen LogP contribution in [0.25, 0.3) is 0 Å². The van der Waals surface area contributed by atoms with Crippen LogP contribution >= 0.6 is 0 Å². The highest BCUT2D eigenvalue weighted by Crippen LogP contribution is 2.13. The van der Waals surface area contributed by atoms with Gasteiger partial charge in [0.2, 0.25) is 15.9 Å². The Bertz CT molecular complexity index is 1220. The number of nitrogens with one attached hydrogen (secondary N) is 2. The van der Waals surface area contributed by atoms with Gasteiger partial charge in [-0.1, -0.05) is 44.2 Å². The van der Waals surface area contributed by atoms with Crippen molar-refractivity contribution in [3.8, 4) is 0 Å². The number of carbonyl (C=O) groups is 2. The minimum atomic E-state index is -3.87. The maximum atomic E-state index is 13.2. The lowest BCUT2D eigenvalue weighted by atomic mass is 10.1. The molecule has 36 heavy (non-hydrogen) atoms. The van der Waals surface area contributed by atoms with E-state index in [1.807, 2.05) is 13.8 Å². The van der Waals surface area contributed by atoms with Gasteiger partial charge in [-0.2, -0.15) is 0 Å². The lowest BCUT2D eigenvalue weighted by Gasteiger charge is -2.18. The average molecular weight is 519 g/mol. The van der Waals surface area contributed by atoms with Gasteiger partial charge in [0.25, 0.3) is 5.56 Å². The SMILES string of the molecule is CC(C)Cc1ccc(NS(=O)(=O)Cc2ccccc2)c(=O)n1CC(=O)N[C@H](C=O)CCCN=C(N)N. The van der Waals surface area contributed by atoms with Crippen LogP contribution in [0.15, 0.2) is 52.3 Å². The first-order valence-corrected chi connectivity index (χ1v) is 13.2. The van der Waals surface area contributed by atoms with Gasteiger partial charge in [-0.3, -0.25) is 19.3 Å². The van der Waals surface area contributed by atoms with Gasteiger partial charge in [0.05, 0.1) is 11.8 Å². The molecule has 0 aliphatic heterocycles. The van der Waals surface area contributed by atoms with Crippen LogP contribution in [-0.2, 0) is 38.3 Å². The molecular formula is C24H34N6O5S. The molecule has 0 aliphatic carbocycles. The molecule has 1 aromatic heterocycles. The van der Waals surface area contributed by atoms with Crippen molar-refractivity contribution in [2.24, 2.45) is 22.4 Å². The number of benzene rings is 1. The minimum Gasteiger partial charge on any atom is -0.370 e. The summed E-state index contributed by atoms with van der Waals surface area (Å²) in [4.78, 5) is 41.2. The molecule has 0 radical (unpaired) electrons. The highest BCUT2D eigenvalue weighted by atomic mass is 32.2. The smallest absolute Gasteiger partial charge is 0.275 e. The summed E-state index contributed by atoms with van der Waals surface area (Å²) >= 11 is 0. The van der Waals surface area contributed by atoms with Crippen molar-refractivity contribution >= 4 is 33.9 Å². The summed E-state index contributed by atoms with van der Waals surface area (Å²) in [5.74, 6) is -0.733. The number of pyridine rings is 1. The van der Waals surface area contributed by atoms with E-state index >= 15 is 0 Å².